The molecule has 0 radical (unpaired) electrons. The highest BCUT2D eigenvalue weighted by Gasteiger charge is 2.34. The van der Waals surface area contributed by atoms with E-state index in [1.807, 2.05) is 36.4 Å². The van der Waals surface area contributed by atoms with Crippen LogP contribution in [0, 0.1) is 11.3 Å². The van der Waals surface area contributed by atoms with Crippen LogP contribution in [0.5, 0.6) is 5.75 Å². The van der Waals surface area contributed by atoms with E-state index >= 15 is 0 Å². The number of nitrogens with two attached hydrogens (primary N) is 2. The van der Waals surface area contributed by atoms with Gasteiger partial charge in [0.1, 0.15) is 11.6 Å². The number of hydrogen-bond acceptors (Lipinski definition) is 6. The molecule has 0 bridgehead atoms. The van der Waals surface area contributed by atoms with E-state index in [4.69, 9.17) is 37.8 Å². The van der Waals surface area contributed by atoms with Gasteiger partial charge in [0.15, 0.2) is 5.75 Å². The van der Waals surface area contributed by atoms with E-state index in [0.717, 1.165) is 16.6 Å². The van der Waals surface area contributed by atoms with Crippen molar-refractivity contribution in [2.75, 3.05) is 5.73 Å². The van der Waals surface area contributed by atoms with Crippen molar-refractivity contribution in [3.05, 3.63) is 82.2 Å². The molecule has 140 valence electrons. The topological polar surface area (TPSA) is 111 Å². The van der Waals surface area contributed by atoms with Crippen LogP contribution in [0.15, 0.2) is 66.1 Å². The summed E-state index contributed by atoms with van der Waals surface area (Å²) in [6.45, 7) is 0. The summed E-state index contributed by atoms with van der Waals surface area (Å²) in [5, 5.41) is 10.4. The van der Waals surface area contributed by atoms with Crippen LogP contribution in [0.4, 0.5) is 5.69 Å². The Bertz CT molecular complexity index is 1390. The van der Waals surface area contributed by atoms with Crippen LogP contribution < -0.4 is 16.2 Å². The number of benzene rings is 3. The van der Waals surface area contributed by atoms with E-state index in [2.05, 4.69) is 6.07 Å². The number of halogens is 1. The van der Waals surface area contributed by atoms with Crippen molar-refractivity contribution in [2.24, 2.45) is 5.73 Å². The SMILES string of the molecule is N#CC1=C(N)Oc2c(N)cc3nc4ccccc4nc3c2C1c1cccc(Cl)c1. The van der Waals surface area contributed by atoms with Crippen molar-refractivity contribution >= 4 is 39.4 Å². The molecule has 0 fully saturated rings. The van der Waals surface area contributed by atoms with Crippen molar-refractivity contribution in [1.82, 2.24) is 9.97 Å². The first kappa shape index (κ1) is 17.3. The maximum absolute atomic E-state index is 9.83. The van der Waals surface area contributed by atoms with E-state index < -0.39 is 5.92 Å². The Labute approximate surface area is 171 Å². The highest BCUT2D eigenvalue weighted by molar-refractivity contribution is 6.30. The predicted molar refractivity (Wildman–Crippen MR) is 112 cm³/mol. The molecule has 6 nitrogen and oxygen atoms in total. The summed E-state index contributed by atoms with van der Waals surface area (Å²) < 4.78 is 5.78. The van der Waals surface area contributed by atoms with E-state index in [9.17, 15) is 5.26 Å². The summed E-state index contributed by atoms with van der Waals surface area (Å²) in [6.07, 6.45) is 0. The first-order valence-corrected chi connectivity index (χ1v) is 9.26. The standard InChI is InChI=1S/C22H14ClN5O/c23-12-5-3-4-11(8-12)18-13(10-24)22(26)29-21-14(25)9-17-20(19(18)21)28-16-7-2-1-6-15(16)27-17/h1-9,18H,25-26H2. The van der Waals surface area contributed by atoms with Gasteiger partial charge in [-0.3, -0.25) is 0 Å². The number of anilines is 1. The number of allylic oxidation sites excluding steroid dienone is 1. The smallest absolute Gasteiger partial charge is 0.205 e. The van der Waals surface area contributed by atoms with Gasteiger partial charge in [-0.15, -0.1) is 0 Å². The number of nitriles is 1. The summed E-state index contributed by atoms with van der Waals surface area (Å²) in [5.74, 6) is -0.114. The number of hydrogen-bond donors (Lipinski definition) is 2. The van der Waals surface area contributed by atoms with E-state index in [0.29, 0.717) is 33.1 Å². The second-order valence-electron chi connectivity index (χ2n) is 6.77. The van der Waals surface area contributed by atoms with Crippen molar-refractivity contribution in [2.45, 2.75) is 5.92 Å². The largest absolute Gasteiger partial charge is 0.438 e. The normalized spacial score (nSPS) is 15.8. The summed E-state index contributed by atoms with van der Waals surface area (Å²) in [5.41, 5.74) is 17.2. The third kappa shape index (κ3) is 2.64. The Kier molecular flexibility index (Phi) is 3.79. The molecule has 1 aliphatic heterocycles. The van der Waals surface area contributed by atoms with Crippen LogP contribution >= 0.6 is 11.6 Å². The van der Waals surface area contributed by atoms with Crippen LogP contribution in [0.3, 0.4) is 0 Å². The lowest BCUT2D eigenvalue weighted by atomic mass is 9.82. The molecule has 5 rings (SSSR count). The minimum Gasteiger partial charge on any atom is -0.438 e. The number of ether oxygens (including phenoxy) is 1. The highest BCUT2D eigenvalue weighted by Crippen LogP contribution is 2.48. The molecule has 0 aliphatic carbocycles. The molecule has 0 amide bonds. The molecule has 0 saturated carbocycles. The molecule has 1 atom stereocenters. The minimum absolute atomic E-state index is 0.0183. The predicted octanol–water partition coefficient (Wildman–Crippen LogP) is 4.24. The second kappa shape index (κ2) is 6.36. The van der Waals surface area contributed by atoms with Crippen LogP contribution in [0.25, 0.3) is 22.1 Å². The quantitative estimate of drug-likeness (QED) is 0.366. The van der Waals surface area contributed by atoms with E-state index in [-0.39, 0.29) is 11.5 Å². The molecule has 4 aromatic rings. The number of para-hydroxylation sites is 2. The summed E-state index contributed by atoms with van der Waals surface area (Å²) >= 11 is 6.23. The molecule has 3 aromatic carbocycles. The fourth-order valence-electron chi connectivity index (χ4n) is 3.76. The van der Waals surface area contributed by atoms with Crippen LogP contribution in [0.2, 0.25) is 5.02 Å². The van der Waals surface area contributed by atoms with Gasteiger partial charge < -0.3 is 16.2 Å². The highest BCUT2D eigenvalue weighted by atomic mass is 35.5. The molecular formula is C22H14ClN5O. The molecule has 29 heavy (non-hydrogen) atoms. The number of nitrogen functional groups attached to an aromatic ring is 1. The first-order chi connectivity index (χ1) is 14.1. The second-order valence-corrected chi connectivity index (χ2v) is 7.20. The fourth-order valence-corrected chi connectivity index (χ4v) is 3.96. The Morgan fingerprint density at radius 1 is 0.966 bits per heavy atom. The molecular weight excluding hydrogens is 386 g/mol. The van der Waals surface area contributed by atoms with Crippen molar-refractivity contribution in [1.29, 1.82) is 5.26 Å². The lowest BCUT2D eigenvalue weighted by molar-refractivity contribution is 0.397. The third-order valence-corrected chi connectivity index (χ3v) is 5.24. The van der Waals surface area contributed by atoms with E-state index in [1.54, 1.807) is 18.2 Å². The first-order valence-electron chi connectivity index (χ1n) is 8.88. The van der Waals surface area contributed by atoms with Crippen LogP contribution in [-0.4, -0.2) is 9.97 Å². The lowest BCUT2D eigenvalue weighted by Gasteiger charge is -2.28. The van der Waals surface area contributed by atoms with Gasteiger partial charge in [-0.1, -0.05) is 35.9 Å². The Morgan fingerprint density at radius 3 is 2.45 bits per heavy atom. The third-order valence-electron chi connectivity index (χ3n) is 5.01. The molecule has 0 saturated heterocycles. The maximum atomic E-state index is 9.83. The van der Waals surface area contributed by atoms with Gasteiger partial charge in [0.25, 0.3) is 0 Å². The zero-order valence-electron chi connectivity index (χ0n) is 15.1. The van der Waals surface area contributed by atoms with Crippen molar-refractivity contribution < 1.29 is 4.74 Å². The van der Waals surface area contributed by atoms with Crippen LogP contribution in [0.1, 0.15) is 17.0 Å². The van der Waals surface area contributed by atoms with Gasteiger partial charge in [-0.2, -0.15) is 5.26 Å². The number of fused-ring (bicyclic) bond motifs is 4. The molecule has 0 spiro atoms. The molecule has 1 unspecified atom stereocenters. The zero-order valence-corrected chi connectivity index (χ0v) is 15.8. The fraction of sp³-hybridized carbons (Fsp3) is 0.0455. The monoisotopic (exact) mass is 399 g/mol. The summed E-state index contributed by atoms with van der Waals surface area (Å²) in [7, 11) is 0. The molecule has 4 N–H and O–H groups in total. The Balaban J connectivity index is 1.92. The molecule has 7 heteroatoms. The van der Waals surface area contributed by atoms with Gasteiger partial charge in [0.2, 0.25) is 5.88 Å². The summed E-state index contributed by atoms with van der Waals surface area (Å²) in [6, 6.07) is 18.8. The average molecular weight is 400 g/mol. The van der Waals surface area contributed by atoms with Gasteiger partial charge in [-0.05, 0) is 35.9 Å². The lowest BCUT2D eigenvalue weighted by Crippen LogP contribution is -2.22. The van der Waals surface area contributed by atoms with Crippen molar-refractivity contribution in [3.63, 3.8) is 0 Å². The van der Waals surface area contributed by atoms with Gasteiger partial charge in [0.05, 0.1) is 33.7 Å². The molecule has 1 aliphatic rings. The van der Waals surface area contributed by atoms with E-state index in [1.165, 1.54) is 0 Å². The minimum atomic E-state index is -0.524. The Hall–Kier alpha value is -3.82. The van der Waals surface area contributed by atoms with Crippen LogP contribution in [-0.2, 0) is 0 Å². The zero-order chi connectivity index (χ0) is 20.1. The number of rotatable bonds is 1. The maximum Gasteiger partial charge on any atom is 0.205 e. The number of nitrogens with zero attached hydrogens (tertiary/aromatic N) is 3. The molecule has 1 aromatic heterocycles. The Morgan fingerprint density at radius 2 is 1.72 bits per heavy atom. The van der Waals surface area contributed by atoms with Gasteiger partial charge >= 0.3 is 0 Å². The van der Waals surface area contributed by atoms with Gasteiger partial charge in [-0.25, -0.2) is 9.97 Å². The molecule has 2 heterocycles. The average Bonchev–Trinajstić information content (AvgIpc) is 2.72. The van der Waals surface area contributed by atoms with Gasteiger partial charge in [0, 0.05) is 10.6 Å². The number of aromatic nitrogens is 2. The van der Waals surface area contributed by atoms with Crippen molar-refractivity contribution in [3.8, 4) is 11.8 Å². The summed E-state index contributed by atoms with van der Waals surface area (Å²) in [4.78, 5) is 9.53.